The monoisotopic (exact) mass is 263 g/mol. The minimum atomic E-state index is -4.32. The summed E-state index contributed by atoms with van der Waals surface area (Å²) in [5, 5.41) is 0. The maximum atomic E-state index is 12.0. The van der Waals surface area contributed by atoms with Crippen LogP contribution in [0.1, 0.15) is 11.1 Å². The van der Waals surface area contributed by atoms with E-state index in [1.165, 1.54) is 7.11 Å². The van der Waals surface area contributed by atoms with Crippen LogP contribution in [0.5, 0.6) is 5.75 Å². The number of halogens is 3. The molecular formula is C12H16F3NO2. The summed E-state index contributed by atoms with van der Waals surface area (Å²) in [6.45, 7) is -0.923. The van der Waals surface area contributed by atoms with Crippen molar-refractivity contribution in [3.05, 3.63) is 29.3 Å². The van der Waals surface area contributed by atoms with Gasteiger partial charge in [0.2, 0.25) is 0 Å². The highest BCUT2D eigenvalue weighted by atomic mass is 19.4. The van der Waals surface area contributed by atoms with Crippen LogP contribution in [0.25, 0.3) is 0 Å². The Hall–Kier alpha value is -1.27. The Bertz CT molecular complexity index is 380. The van der Waals surface area contributed by atoms with Gasteiger partial charge >= 0.3 is 6.18 Å². The second kappa shape index (κ2) is 6.61. The van der Waals surface area contributed by atoms with Crippen LogP contribution in [-0.4, -0.2) is 26.4 Å². The van der Waals surface area contributed by atoms with Gasteiger partial charge in [0.25, 0.3) is 0 Å². The summed E-state index contributed by atoms with van der Waals surface area (Å²) in [7, 11) is 1.46. The van der Waals surface area contributed by atoms with E-state index in [1.54, 1.807) is 12.1 Å². The van der Waals surface area contributed by atoms with Gasteiger partial charge in [0, 0.05) is 5.56 Å². The van der Waals surface area contributed by atoms with Gasteiger partial charge in [-0.2, -0.15) is 13.2 Å². The van der Waals surface area contributed by atoms with Crippen molar-refractivity contribution < 1.29 is 22.6 Å². The first-order chi connectivity index (χ1) is 8.46. The number of hydrogen-bond acceptors (Lipinski definition) is 3. The average Bonchev–Trinajstić information content (AvgIpc) is 2.28. The lowest BCUT2D eigenvalue weighted by atomic mass is 10.1. The summed E-state index contributed by atoms with van der Waals surface area (Å²) in [6, 6.07) is 5.29. The summed E-state index contributed by atoms with van der Waals surface area (Å²) in [5.41, 5.74) is 6.97. The smallest absolute Gasteiger partial charge is 0.411 e. The van der Waals surface area contributed by atoms with Crippen molar-refractivity contribution in [3.63, 3.8) is 0 Å². The first kappa shape index (κ1) is 14.8. The highest BCUT2D eigenvalue weighted by Crippen LogP contribution is 2.22. The molecule has 0 saturated carbocycles. The van der Waals surface area contributed by atoms with Crippen LogP contribution in [-0.2, 0) is 17.8 Å². The van der Waals surface area contributed by atoms with Gasteiger partial charge in [0.15, 0.2) is 0 Å². The van der Waals surface area contributed by atoms with Crippen molar-refractivity contribution in [3.8, 4) is 5.75 Å². The van der Waals surface area contributed by atoms with E-state index in [9.17, 15) is 13.2 Å². The van der Waals surface area contributed by atoms with Crippen molar-refractivity contribution in [2.75, 3.05) is 20.3 Å². The molecule has 2 N–H and O–H groups in total. The third kappa shape index (κ3) is 4.93. The van der Waals surface area contributed by atoms with Crippen molar-refractivity contribution in [1.82, 2.24) is 0 Å². The molecule has 0 aliphatic carbocycles. The predicted molar refractivity (Wildman–Crippen MR) is 61.5 cm³/mol. The van der Waals surface area contributed by atoms with Gasteiger partial charge in [-0.25, -0.2) is 0 Å². The summed E-state index contributed by atoms with van der Waals surface area (Å²) in [6.07, 6.45) is -3.65. The van der Waals surface area contributed by atoms with E-state index in [4.69, 9.17) is 10.5 Å². The standard InChI is InChI=1S/C12H16F3NO2/c1-17-11-3-2-9(4-5-16)6-10(11)7-18-8-12(13,14)15/h2-3,6H,4-5,7-8,16H2,1H3. The van der Waals surface area contributed by atoms with Crippen LogP contribution in [0.3, 0.4) is 0 Å². The summed E-state index contributed by atoms with van der Waals surface area (Å²) in [5.74, 6) is 0.512. The molecule has 1 aromatic rings. The molecule has 1 aromatic carbocycles. The number of ether oxygens (including phenoxy) is 2. The Labute approximate surface area is 104 Å². The Morgan fingerprint density at radius 2 is 2.00 bits per heavy atom. The molecular weight excluding hydrogens is 247 g/mol. The Morgan fingerprint density at radius 1 is 1.28 bits per heavy atom. The number of methoxy groups -OCH3 is 1. The van der Waals surface area contributed by atoms with E-state index < -0.39 is 12.8 Å². The van der Waals surface area contributed by atoms with Crippen molar-refractivity contribution in [2.24, 2.45) is 5.73 Å². The molecule has 18 heavy (non-hydrogen) atoms. The number of hydrogen-bond donors (Lipinski definition) is 1. The average molecular weight is 263 g/mol. The van der Waals surface area contributed by atoms with E-state index in [1.807, 2.05) is 6.07 Å². The van der Waals surface area contributed by atoms with Crippen molar-refractivity contribution in [1.29, 1.82) is 0 Å². The molecule has 0 unspecified atom stereocenters. The highest BCUT2D eigenvalue weighted by Gasteiger charge is 2.27. The molecule has 0 aromatic heterocycles. The molecule has 0 saturated heterocycles. The van der Waals surface area contributed by atoms with E-state index in [0.29, 0.717) is 24.3 Å². The molecule has 1 rings (SSSR count). The summed E-state index contributed by atoms with van der Waals surface area (Å²) >= 11 is 0. The fourth-order valence-electron chi connectivity index (χ4n) is 1.54. The molecule has 0 atom stereocenters. The quantitative estimate of drug-likeness (QED) is 0.856. The third-order valence-electron chi connectivity index (χ3n) is 2.30. The van der Waals surface area contributed by atoms with E-state index in [2.05, 4.69) is 4.74 Å². The van der Waals surface area contributed by atoms with E-state index in [0.717, 1.165) is 5.56 Å². The molecule has 3 nitrogen and oxygen atoms in total. The lowest BCUT2D eigenvalue weighted by molar-refractivity contribution is -0.176. The Kier molecular flexibility index (Phi) is 5.43. The molecule has 0 heterocycles. The van der Waals surface area contributed by atoms with Crippen LogP contribution >= 0.6 is 0 Å². The summed E-state index contributed by atoms with van der Waals surface area (Å²) in [4.78, 5) is 0. The van der Waals surface area contributed by atoms with Gasteiger partial charge in [-0.3, -0.25) is 0 Å². The molecule has 0 amide bonds. The molecule has 102 valence electrons. The molecule has 0 spiro atoms. The van der Waals surface area contributed by atoms with E-state index >= 15 is 0 Å². The van der Waals surface area contributed by atoms with Crippen LogP contribution in [0, 0.1) is 0 Å². The minimum Gasteiger partial charge on any atom is -0.496 e. The maximum Gasteiger partial charge on any atom is 0.411 e. The van der Waals surface area contributed by atoms with Gasteiger partial charge in [-0.15, -0.1) is 0 Å². The third-order valence-corrected chi connectivity index (χ3v) is 2.30. The number of benzene rings is 1. The first-order valence-corrected chi connectivity index (χ1v) is 5.46. The zero-order valence-electron chi connectivity index (χ0n) is 10.1. The number of alkyl halides is 3. The van der Waals surface area contributed by atoms with Crippen LogP contribution in [0.2, 0.25) is 0 Å². The molecule has 0 fully saturated rings. The molecule has 6 heteroatoms. The van der Waals surface area contributed by atoms with Gasteiger partial charge in [0.05, 0.1) is 13.7 Å². The van der Waals surface area contributed by atoms with Crippen molar-refractivity contribution in [2.45, 2.75) is 19.2 Å². The largest absolute Gasteiger partial charge is 0.496 e. The SMILES string of the molecule is COc1ccc(CCN)cc1COCC(F)(F)F. The second-order valence-corrected chi connectivity index (χ2v) is 3.79. The Balaban J connectivity index is 2.69. The zero-order chi connectivity index (χ0) is 13.6. The lowest BCUT2D eigenvalue weighted by Crippen LogP contribution is -2.17. The predicted octanol–water partition coefficient (Wildman–Crippen LogP) is 2.28. The second-order valence-electron chi connectivity index (χ2n) is 3.79. The number of nitrogens with two attached hydrogens (primary N) is 1. The fraction of sp³-hybridized carbons (Fsp3) is 0.500. The molecule has 0 radical (unpaired) electrons. The molecule has 0 aliphatic rings. The van der Waals surface area contributed by atoms with Crippen LogP contribution in [0.15, 0.2) is 18.2 Å². The summed E-state index contributed by atoms with van der Waals surface area (Å²) < 4.78 is 45.6. The number of rotatable bonds is 6. The van der Waals surface area contributed by atoms with Gasteiger partial charge in [-0.1, -0.05) is 6.07 Å². The molecule has 0 bridgehead atoms. The van der Waals surface area contributed by atoms with Crippen LogP contribution < -0.4 is 10.5 Å². The van der Waals surface area contributed by atoms with Crippen LogP contribution in [0.4, 0.5) is 13.2 Å². The van der Waals surface area contributed by atoms with Crippen molar-refractivity contribution >= 4 is 0 Å². The van der Waals surface area contributed by atoms with Gasteiger partial charge in [-0.05, 0) is 30.7 Å². The lowest BCUT2D eigenvalue weighted by Gasteiger charge is -2.12. The highest BCUT2D eigenvalue weighted by molar-refractivity contribution is 5.37. The fourth-order valence-corrected chi connectivity index (χ4v) is 1.54. The van der Waals surface area contributed by atoms with E-state index in [-0.39, 0.29) is 6.61 Å². The van der Waals surface area contributed by atoms with Gasteiger partial charge < -0.3 is 15.2 Å². The van der Waals surface area contributed by atoms with Gasteiger partial charge in [0.1, 0.15) is 12.4 Å². The minimum absolute atomic E-state index is 0.138. The first-order valence-electron chi connectivity index (χ1n) is 5.46. The maximum absolute atomic E-state index is 12.0. The molecule has 0 aliphatic heterocycles. The normalized spacial score (nSPS) is 11.6. The topological polar surface area (TPSA) is 44.5 Å². The zero-order valence-corrected chi connectivity index (χ0v) is 10.1. The Morgan fingerprint density at radius 3 is 2.56 bits per heavy atom.